The summed E-state index contributed by atoms with van der Waals surface area (Å²) in [5, 5.41) is 3.47. The first-order valence-electron chi connectivity index (χ1n) is 7.20. The molecule has 2 amide bonds. The Hall–Kier alpha value is -2.53. The number of anilines is 2. The summed E-state index contributed by atoms with van der Waals surface area (Å²) in [6.45, 7) is 0.944. The van der Waals surface area contributed by atoms with Crippen molar-refractivity contribution in [3.05, 3.63) is 59.1 Å². The van der Waals surface area contributed by atoms with Gasteiger partial charge in [-0.2, -0.15) is 0 Å². The summed E-state index contributed by atoms with van der Waals surface area (Å²) >= 11 is 5.82. The van der Waals surface area contributed by atoms with Gasteiger partial charge in [0, 0.05) is 16.4 Å². The van der Waals surface area contributed by atoms with Crippen LogP contribution in [0.25, 0.3) is 0 Å². The largest absolute Gasteiger partial charge is 0.447 e. The number of carbonyl (C=O) groups excluding carboxylic acids is 2. The summed E-state index contributed by atoms with van der Waals surface area (Å²) in [6, 6.07) is 14.3. The number of nitrogens with one attached hydrogen (secondary N) is 1. The number of carbonyl (C=O) groups is 2. The second kappa shape index (κ2) is 6.71. The Balaban J connectivity index is 1.60. The maximum absolute atomic E-state index is 12.0. The van der Waals surface area contributed by atoms with E-state index in [1.165, 1.54) is 0 Å². The molecule has 0 saturated carbocycles. The summed E-state index contributed by atoms with van der Waals surface area (Å²) in [5.74, 6) is -0.111. The predicted octanol–water partition coefficient (Wildman–Crippen LogP) is 3.48. The molecule has 1 saturated heterocycles. The van der Waals surface area contributed by atoms with Crippen molar-refractivity contribution in [2.24, 2.45) is 0 Å². The number of hydrogen-bond acceptors (Lipinski definition) is 3. The molecule has 0 atom stereocenters. The summed E-state index contributed by atoms with van der Waals surface area (Å²) in [5.41, 5.74) is 2.33. The molecule has 1 aliphatic rings. The summed E-state index contributed by atoms with van der Waals surface area (Å²) in [4.78, 5) is 25.1. The van der Waals surface area contributed by atoms with Crippen LogP contribution in [0, 0.1) is 0 Å². The first-order chi connectivity index (χ1) is 11.1. The standard InChI is InChI=1S/C17H15ClN2O3/c18-13-3-1-12(2-4-13)11-16(21)19-14-5-7-15(8-6-14)20-9-10-23-17(20)22/h1-8H,9-11H2,(H,19,21). The van der Waals surface area contributed by atoms with Crippen LogP contribution >= 0.6 is 11.6 Å². The van der Waals surface area contributed by atoms with Crippen molar-refractivity contribution in [2.75, 3.05) is 23.4 Å². The molecule has 0 aliphatic carbocycles. The molecule has 0 radical (unpaired) electrons. The number of benzene rings is 2. The third-order valence-electron chi connectivity index (χ3n) is 3.50. The van der Waals surface area contributed by atoms with E-state index in [9.17, 15) is 9.59 Å². The lowest BCUT2D eigenvalue weighted by atomic mass is 10.1. The van der Waals surface area contributed by atoms with Crippen LogP contribution in [0.2, 0.25) is 5.02 Å². The molecule has 23 heavy (non-hydrogen) atoms. The Kier molecular flexibility index (Phi) is 4.48. The molecule has 2 aromatic carbocycles. The van der Waals surface area contributed by atoms with Gasteiger partial charge in [0.25, 0.3) is 0 Å². The van der Waals surface area contributed by atoms with Gasteiger partial charge in [0.2, 0.25) is 5.91 Å². The molecule has 118 valence electrons. The number of ether oxygens (including phenoxy) is 1. The molecule has 1 aliphatic heterocycles. The fraction of sp³-hybridized carbons (Fsp3) is 0.176. The SMILES string of the molecule is O=C(Cc1ccc(Cl)cc1)Nc1ccc(N2CCOC2=O)cc1. The molecular weight excluding hydrogens is 316 g/mol. The lowest BCUT2D eigenvalue weighted by Crippen LogP contribution is -2.23. The van der Waals surface area contributed by atoms with Crippen molar-refractivity contribution in [1.82, 2.24) is 0 Å². The Bertz CT molecular complexity index is 714. The van der Waals surface area contributed by atoms with E-state index in [0.717, 1.165) is 11.3 Å². The highest BCUT2D eigenvalue weighted by Crippen LogP contribution is 2.21. The van der Waals surface area contributed by atoms with Crippen LogP contribution < -0.4 is 10.2 Å². The topological polar surface area (TPSA) is 58.6 Å². The summed E-state index contributed by atoms with van der Waals surface area (Å²) < 4.78 is 4.90. The Morgan fingerprint density at radius 2 is 1.83 bits per heavy atom. The minimum atomic E-state index is -0.343. The normalized spacial score (nSPS) is 13.8. The monoisotopic (exact) mass is 330 g/mol. The Morgan fingerprint density at radius 3 is 2.43 bits per heavy atom. The summed E-state index contributed by atoms with van der Waals surface area (Å²) in [6.07, 6.45) is -0.0679. The van der Waals surface area contributed by atoms with Crippen molar-refractivity contribution < 1.29 is 14.3 Å². The van der Waals surface area contributed by atoms with Crippen molar-refractivity contribution in [2.45, 2.75) is 6.42 Å². The van der Waals surface area contributed by atoms with Crippen LogP contribution in [0.1, 0.15) is 5.56 Å². The number of amides is 2. The third kappa shape index (κ3) is 3.81. The second-order valence-electron chi connectivity index (χ2n) is 5.16. The molecule has 1 fully saturated rings. The zero-order valence-electron chi connectivity index (χ0n) is 12.3. The molecule has 6 heteroatoms. The lowest BCUT2D eigenvalue weighted by molar-refractivity contribution is -0.115. The zero-order chi connectivity index (χ0) is 16.2. The number of hydrogen-bond donors (Lipinski definition) is 1. The summed E-state index contributed by atoms with van der Waals surface area (Å²) in [7, 11) is 0. The van der Waals surface area contributed by atoms with E-state index in [0.29, 0.717) is 23.9 Å². The Labute approximate surface area is 138 Å². The van der Waals surface area contributed by atoms with Gasteiger partial charge in [-0.25, -0.2) is 4.79 Å². The van der Waals surface area contributed by atoms with Gasteiger partial charge in [0.15, 0.2) is 0 Å². The van der Waals surface area contributed by atoms with Gasteiger partial charge in [0.1, 0.15) is 6.61 Å². The van der Waals surface area contributed by atoms with Crippen LogP contribution in [0.4, 0.5) is 16.2 Å². The van der Waals surface area contributed by atoms with Crippen LogP contribution in [0.3, 0.4) is 0 Å². The first-order valence-corrected chi connectivity index (χ1v) is 7.58. The fourth-order valence-corrected chi connectivity index (χ4v) is 2.47. The number of rotatable bonds is 4. The smallest absolute Gasteiger partial charge is 0.414 e. The van der Waals surface area contributed by atoms with E-state index in [4.69, 9.17) is 16.3 Å². The maximum atomic E-state index is 12.0. The third-order valence-corrected chi connectivity index (χ3v) is 3.75. The van der Waals surface area contributed by atoms with Gasteiger partial charge < -0.3 is 10.1 Å². The Morgan fingerprint density at radius 1 is 1.13 bits per heavy atom. The average Bonchev–Trinajstić information content (AvgIpc) is 2.96. The molecule has 3 rings (SSSR count). The van der Waals surface area contributed by atoms with Crippen LogP contribution in [0.5, 0.6) is 0 Å². The minimum Gasteiger partial charge on any atom is -0.447 e. The average molecular weight is 331 g/mol. The highest BCUT2D eigenvalue weighted by atomic mass is 35.5. The fourth-order valence-electron chi connectivity index (χ4n) is 2.35. The molecule has 0 aromatic heterocycles. The molecule has 1 N–H and O–H groups in total. The van der Waals surface area contributed by atoms with E-state index in [1.807, 2.05) is 12.1 Å². The van der Waals surface area contributed by atoms with Gasteiger partial charge in [-0.3, -0.25) is 9.69 Å². The van der Waals surface area contributed by atoms with E-state index in [2.05, 4.69) is 5.32 Å². The predicted molar refractivity (Wildman–Crippen MR) is 88.9 cm³/mol. The molecule has 0 bridgehead atoms. The maximum Gasteiger partial charge on any atom is 0.414 e. The van der Waals surface area contributed by atoms with Crippen LogP contribution in [-0.2, 0) is 16.0 Å². The van der Waals surface area contributed by atoms with E-state index >= 15 is 0 Å². The molecular formula is C17H15ClN2O3. The van der Waals surface area contributed by atoms with Gasteiger partial charge in [-0.15, -0.1) is 0 Å². The van der Waals surface area contributed by atoms with E-state index in [-0.39, 0.29) is 18.4 Å². The zero-order valence-corrected chi connectivity index (χ0v) is 13.0. The van der Waals surface area contributed by atoms with Crippen molar-refractivity contribution in [3.63, 3.8) is 0 Å². The van der Waals surface area contributed by atoms with E-state index < -0.39 is 0 Å². The van der Waals surface area contributed by atoms with Gasteiger partial charge in [0.05, 0.1) is 13.0 Å². The second-order valence-corrected chi connectivity index (χ2v) is 5.60. The van der Waals surface area contributed by atoms with Crippen molar-refractivity contribution >= 4 is 35.0 Å². The first kappa shape index (κ1) is 15.4. The molecule has 0 spiro atoms. The number of nitrogens with zero attached hydrogens (tertiary/aromatic N) is 1. The van der Waals surface area contributed by atoms with Crippen LogP contribution in [-0.4, -0.2) is 25.2 Å². The molecule has 1 heterocycles. The van der Waals surface area contributed by atoms with Gasteiger partial charge >= 0.3 is 6.09 Å². The number of cyclic esters (lactones) is 1. The van der Waals surface area contributed by atoms with Gasteiger partial charge in [-0.1, -0.05) is 23.7 Å². The van der Waals surface area contributed by atoms with Crippen LogP contribution in [0.15, 0.2) is 48.5 Å². The quantitative estimate of drug-likeness (QED) is 0.933. The lowest BCUT2D eigenvalue weighted by Gasteiger charge is -2.13. The highest BCUT2D eigenvalue weighted by molar-refractivity contribution is 6.30. The minimum absolute atomic E-state index is 0.111. The van der Waals surface area contributed by atoms with E-state index in [1.54, 1.807) is 41.3 Å². The highest BCUT2D eigenvalue weighted by Gasteiger charge is 2.23. The van der Waals surface area contributed by atoms with Gasteiger partial charge in [-0.05, 0) is 42.0 Å². The van der Waals surface area contributed by atoms with Crippen molar-refractivity contribution in [3.8, 4) is 0 Å². The molecule has 0 unspecified atom stereocenters. The molecule has 5 nitrogen and oxygen atoms in total. The molecule has 2 aromatic rings. The number of halogens is 1. The van der Waals surface area contributed by atoms with Crippen molar-refractivity contribution in [1.29, 1.82) is 0 Å².